The topological polar surface area (TPSA) is 37.4 Å². The molecule has 0 radical (unpaired) electrons. The number of carbonyl (C=O) groups excluding carboxylic acids is 2. The minimum Gasteiger partial charge on any atom is -0.342 e. The fourth-order valence-electron chi connectivity index (χ4n) is 3.18. The van der Waals surface area contributed by atoms with E-state index in [4.69, 9.17) is 0 Å². The van der Waals surface area contributed by atoms with Gasteiger partial charge in [-0.15, -0.1) is 0 Å². The van der Waals surface area contributed by atoms with Crippen molar-refractivity contribution in [2.75, 3.05) is 13.1 Å². The molecule has 0 bridgehead atoms. The molecule has 0 aromatic carbocycles. The highest BCUT2D eigenvalue weighted by atomic mass is 16.2. The predicted molar refractivity (Wildman–Crippen MR) is 71.2 cm³/mol. The third kappa shape index (κ3) is 2.50. The summed E-state index contributed by atoms with van der Waals surface area (Å²) in [6.07, 6.45) is 5.53. The quantitative estimate of drug-likeness (QED) is 0.771. The van der Waals surface area contributed by atoms with Gasteiger partial charge in [0.2, 0.25) is 5.91 Å². The second-order valence-corrected chi connectivity index (χ2v) is 5.45. The fraction of sp³-hybridized carbons (Fsp3) is 0.733. The Hall–Kier alpha value is -1.12. The van der Waals surface area contributed by atoms with Crippen LogP contribution in [0.2, 0.25) is 0 Å². The first kappa shape index (κ1) is 13.3. The van der Waals surface area contributed by atoms with Crippen molar-refractivity contribution in [2.45, 2.75) is 52.4 Å². The number of amides is 1. The third-order valence-electron chi connectivity index (χ3n) is 4.19. The van der Waals surface area contributed by atoms with Gasteiger partial charge in [0.25, 0.3) is 0 Å². The standard InChI is InChI=1S/C15H23NO2/c1-3-9-16-10-5-7-13(15(16)18)12-6-4-8-14(17)11(12)2/h13H,3-10H2,1-2H3. The van der Waals surface area contributed by atoms with Crippen LogP contribution in [0.1, 0.15) is 52.4 Å². The predicted octanol–water partition coefficient (Wildman–Crippen LogP) is 2.70. The van der Waals surface area contributed by atoms with Crippen LogP contribution in [0.5, 0.6) is 0 Å². The Bertz CT molecular complexity index is 382. The van der Waals surface area contributed by atoms with Gasteiger partial charge in [-0.3, -0.25) is 9.59 Å². The Labute approximate surface area is 109 Å². The van der Waals surface area contributed by atoms with E-state index in [-0.39, 0.29) is 17.6 Å². The van der Waals surface area contributed by atoms with E-state index in [0.29, 0.717) is 6.42 Å². The van der Waals surface area contributed by atoms with E-state index in [1.165, 1.54) is 0 Å². The number of allylic oxidation sites excluding steroid dienone is 1. The van der Waals surface area contributed by atoms with Crippen LogP contribution in [0.4, 0.5) is 0 Å². The number of likely N-dealkylation sites (tertiary alicyclic amines) is 1. The molecule has 18 heavy (non-hydrogen) atoms. The molecule has 3 heteroatoms. The summed E-state index contributed by atoms with van der Waals surface area (Å²) in [4.78, 5) is 26.2. The van der Waals surface area contributed by atoms with Gasteiger partial charge in [0, 0.05) is 19.5 Å². The van der Waals surface area contributed by atoms with Crippen LogP contribution in [-0.2, 0) is 9.59 Å². The van der Waals surface area contributed by atoms with E-state index in [1.807, 2.05) is 11.8 Å². The molecule has 0 N–H and O–H groups in total. The summed E-state index contributed by atoms with van der Waals surface area (Å²) >= 11 is 0. The van der Waals surface area contributed by atoms with Crippen molar-refractivity contribution in [1.29, 1.82) is 0 Å². The third-order valence-corrected chi connectivity index (χ3v) is 4.19. The first-order valence-electron chi connectivity index (χ1n) is 7.16. The van der Waals surface area contributed by atoms with Crippen LogP contribution in [0, 0.1) is 5.92 Å². The first-order valence-corrected chi connectivity index (χ1v) is 7.16. The average molecular weight is 249 g/mol. The van der Waals surface area contributed by atoms with Crippen molar-refractivity contribution >= 4 is 11.7 Å². The maximum absolute atomic E-state index is 12.4. The number of hydrogen-bond donors (Lipinski definition) is 0. The van der Waals surface area contributed by atoms with E-state index in [1.54, 1.807) is 0 Å². The van der Waals surface area contributed by atoms with Gasteiger partial charge in [-0.05, 0) is 44.6 Å². The maximum atomic E-state index is 12.4. The monoisotopic (exact) mass is 249 g/mol. The molecular formula is C15H23NO2. The molecule has 1 heterocycles. The van der Waals surface area contributed by atoms with Crippen molar-refractivity contribution in [3.05, 3.63) is 11.1 Å². The fourth-order valence-corrected chi connectivity index (χ4v) is 3.18. The van der Waals surface area contributed by atoms with E-state index in [2.05, 4.69) is 6.92 Å². The molecule has 2 rings (SSSR count). The van der Waals surface area contributed by atoms with E-state index < -0.39 is 0 Å². The Morgan fingerprint density at radius 1 is 1.22 bits per heavy atom. The lowest BCUT2D eigenvalue weighted by Crippen LogP contribution is -2.42. The smallest absolute Gasteiger partial charge is 0.229 e. The molecule has 2 aliphatic rings. The summed E-state index contributed by atoms with van der Waals surface area (Å²) in [5.41, 5.74) is 2.01. The first-order chi connectivity index (χ1) is 8.65. The van der Waals surface area contributed by atoms with E-state index in [0.717, 1.165) is 56.3 Å². The number of rotatable bonds is 3. The lowest BCUT2D eigenvalue weighted by molar-refractivity contribution is -0.137. The van der Waals surface area contributed by atoms with Crippen LogP contribution in [-0.4, -0.2) is 29.7 Å². The Morgan fingerprint density at radius 2 is 2.00 bits per heavy atom. The zero-order valence-electron chi connectivity index (χ0n) is 11.5. The zero-order valence-corrected chi connectivity index (χ0v) is 11.5. The Kier molecular flexibility index (Phi) is 4.20. The van der Waals surface area contributed by atoms with Gasteiger partial charge >= 0.3 is 0 Å². The minimum absolute atomic E-state index is 0.00505. The molecule has 1 aliphatic carbocycles. The summed E-state index contributed by atoms with van der Waals surface area (Å²) in [5, 5.41) is 0. The van der Waals surface area contributed by atoms with Gasteiger partial charge in [-0.25, -0.2) is 0 Å². The van der Waals surface area contributed by atoms with E-state index >= 15 is 0 Å². The molecule has 1 unspecified atom stereocenters. The lowest BCUT2D eigenvalue weighted by atomic mass is 9.80. The molecule has 0 aromatic heterocycles. The highest BCUT2D eigenvalue weighted by molar-refractivity contribution is 5.98. The molecule has 1 fully saturated rings. The molecule has 1 amide bonds. The molecule has 1 atom stereocenters. The normalized spacial score (nSPS) is 25.9. The molecule has 0 spiro atoms. The van der Waals surface area contributed by atoms with Crippen LogP contribution in [0.15, 0.2) is 11.1 Å². The summed E-state index contributed by atoms with van der Waals surface area (Å²) in [6.45, 7) is 5.76. The van der Waals surface area contributed by atoms with Gasteiger partial charge in [0.05, 0.1) is 5.92 Å². The summed E-state index contributed by atoms with van der Waals surface area (Å²) < 4.78 is 0. The molecule has 0 saturated carbocycles. The highest BCUT2D eigenvalue weighted by Gasteiger charge is 2.33. The largest absolute Gasteiger partial charge is 0.342 e. The van der Waals surface area contributed by atoms with Crippen LogP contribution < -0.4 is 0 Å². The SMILES string of the molecule is CCCN1CCCC(C2=C(C)C(=O)CCC2)C1=O. The van der Waals surface area contributed by atoms with Crippen molar-refractivity contribution in [3.8, 4) is 0 Å². The number of carbonyl (C=O) groups is 2. The van der Waals surface area contributed by atoms with Crippen molar-refractivity contribution in [2.24, 2.45) is 5.92 Å². The average Bonchev–Trinajstić information content (AvgIpc) is 2.36. The zero-order chi connectivity index (χ0) is 13.1. The lowest BCUT2D eigenvalue weighted by Gasteiger charge is -2.35. The summed E-state index contributed by atoms with van der Waals surface area (Å²) in [5.74, 6) is 0.498. The van der Waals surface area contributed by atoms with E-state index in [9.17, 15) is 9.59 Å². The number of piperidine rings is 1. The number of Topliss-reactive ketones (excluding diaryl/α,β-unsaturated/α-hetero) is 1. The number of nitrogens with zero attached hydrogens (tertiary/aromatic N) is 1. The summed E-state index contributed by atoms with van der Waals surface area (Å²) in [7, 11) is 0. The minimum atomic E-state index is -0.00505. The van der Waals surface area contributed by atoms with Gasteiger partial charge in [0.1, 0.15) is 0 Å². The highest BCUT2D eigenvalue weighted by Crippen LogP contribution is 2.33. The Balaban J connectivity index is 2.19. The van der Waals surface area contributed by atoms with Gasteiger partial charge in [-0.2, -0.15) is 0 Å². The van der Waals surface area contributed by atoms with Crippen molar-refractivity contribution in [3.63, 3.8) is 0 Å². The maximum Gasteiger partial charge on any atom is 0.229 e. The molecular weight excluding hydrogens is 226 g/mol. The van der Waals surface area contributed by atoms with Gasteiger partial charge < -0.3 is 4.90 Å². The van der Waals surface area contributed by atoms with Crippen LogP contribution in [0.25, 0.3) is 0 Å². The van der Waals surface area contributed by atoms with Crippen LogP contribution in [0.3, 0.4) is 0 Å². The second kappa shape index (κ2) is 5.68. The van der Waals surface area contributed by atoms with Crippen LogP contribution >= 0.6 is 0 Å². The summed E-state index contributed by atoms with van der Waals surface area (Å²) in [6, 6.07) is 0. The number of hydrogen-bond acceptors (Lipinski definition) is 2. The van der Waals surface area contributed by atoms with Gasteiger partial charge in [0.15, 0.2) is 5.78 Å². The molecule has 0 aromatic rings. The van der Waals surface area contributed by atoms with Crippen molar-refractivity contribution < 1.29 is 9.59 Å². The Morgan fingerprint density at radius 3 is 2.72 bits per heavy atom. The molecule has 1 aliphatic heterocycles. The second-order valence-electron chi connectivity index (χ2n) is 5.45. The number of ketones is 1. The molecule has 3 nitrogen and oxygen atoms in total. The van der Waals surface area contributed by atoms with Crippen molar-refractivity contribution in [1.82, 2.24) is 4.90 Å². The molecule has 1 saturated heterocycles. The van der Waals surface area contributed by atoms with Gasteiger partial charge in [-0.1, -0.05) is 12.5 Å². The molecule has 100 valence electrons.